The van der Waals surface area contributed by atoms with Gasteiger partial charge in [0, 0.05) is 26.7 Å². The molecule has 6 aromatic rings. The first-order valence-electron chi connectivity index (χ1n) is 9.73. The molecule has 0 bridgehead atoms. The van der Waals surface area contributed by atoms with Gasteiger partial charge in [-0.2, -0.15) is 0 Å². The summed E-state index contributed by atoms with van der Waals surface area (Å²) in [7, 11) is 0. The third-order valence-electron chi connectivity index (χ3n) is 5.50. The van der Waals surface area contributed by atoms with Crippen LogP contribution in [-0.2, 0) is 0 Å². The zero-order valence-corrected chi connectivity index (χ0v) is 16.8. The first-order chi connectivity index (χ1) is 14.3. The number of benzene rings is 4. The zero-order chi connectivity index (χ0) is 19.4. The minimum atomic E-state index is 0.996. The van der Waals surface area contributed by atoms with E-state index in [4.69, 9.17) is 4.98 Å². The Kier molecular flexibility index (Phi) is 3.58. The lowest BCUT2D eigenvalue weighted by molar-refractivity contribution is 1.11. The summed E-state index contributed by atoms with van der Waals surface area (Å²) in [6.45, 7) is 2.15. The Morgan fingerprint density at radius 3 is 2.52 bits per heavy atom. The second kappa shape index (κ2) is 6.29. The van der Waals surface area contributed by atoms with Gasteiger partial charge >= 0.3 is 0 Å². The molecule has 0 saturated heterocycles. The van der Waals surface area contributed by atoms with E-state index in [1.54, 1.807) is 11.3 Å². The number of para-hydroxylation sites is 3. The summed E-state index contributed by atoms with van der Waals surface area (Å²) < 4.78 is 3.57. The van der Waals surface area contributed by atoms with Crippen LogP contribution in [0.15, 0.2) is 90.3 Å². The third kappa shape index (κ3) is 2.59. The van der Waals surface area contributed by atoms with E-state index in [9.17, 15) is 0 Å². The van der Waals surface area contributed by atoms with E-state index in [2.05, 4.69) is 102 Å². The molecule has 0 spiro atoms. The van der Waals surface area contributed by atoms with Crippen LogP contribution < -0.4 is 0 Å². The largest absolute Gasteiger partial charge is 0.292 e. The van der Waals surface area contributed by atoms with Crippen LogP contribution in [0.5, 0.6) is 0 Å². The number of imidazole rings is 1. The Hall–Kier alpha value is -3.43. The Bertz CT molecular complexity index is 1510. The first-order valence-corrected chi connectivity index (χ1v) is 10.6. The van der Waals surface area contributed by atoms with Crippen molar-refractivity contribution in [2.24, 2.45) is 0 Å². The van der Waals surface area contributed by atoms with Crippen LogP contribution in [0.25, 0.3) is 49.0 Å². The quantitative estimate of drug-likeness (QED) is 0.302. The van der Waals surface area contributed by atoms with Crippen molar-refractivity contribution in [2.45, 2.75) is 6.92 Å². The highest BCUT2D eigenvalue weighted by Gasteiger charge is 2.17. The van der Waals surface area contributed by atoms with Gasteiger partial charge in [0.25, 0.3) is 0 Å². The molecule has 0 atom stereocenters. The van der Waals surface area contributed by atoms with Gasteiger partial charge in [-0.15, -0.1) is 11.3 Å². The van der Waals surface area contributed by atoms with Crippen molar-refractivity contribution in [3.63, 3.8) is 0 Å². The van der Waals surface area contributed by atoms with Crippen LogP contribution in [0.3, 0.4) is 0 Å². The summed E-state index contributed by atoms with van der Waals surface area (Å²) in [5, 5.41) is 6.07. The summed E-state index contributed by atoms with van der Waals surface area (Å²) in [5.41, 5.74) is 5.75. The van der Waals surface area contributed by atoms with Crippen molar-refractivity contribution in [3.8, 4) is 17.1 Å². The van der Waals surface area contributed by atoms with Crippen LogP contribution in [0.4, 0.5) is 0 Å². The van der Waals surface area contributed by atoms with Gasteiger partial charge in [0.1, 0.15) is 5.82 Å². The maximum atomic E-state index is 5.05. The smallest absolute Gasteiger partial charge is 0.147 e. The average molecular weight is 391 g/mol. The predicted octanol–water partition coefficient (Wildman–Crippen LogP) is 7.37. The molecule has 2 nitrogen and oxygen atoms in total. The molecule has 6 rings (SSSR count). The van der Waals surface area contributed by atoms with Gasteiger partial charge < -0.3 is 0 Å². The van der Waals surface area contributed by atoms with Gasteiger partial charge in [0.05, 0.1) is 11.0 Å². The fraction of sp³-hybridized carbons (Fsp3) is 0.0385. The first kappa shape index (κ1) is 16.5. The normalized spacial score (nSPS) is 11.6. The molecule has 0 N–H and O–H groups in total. The number of rotatable bonds is 2. The van der Waals surface area contributed by atoms with Gasteiger partial charge in [0.2, 0.25) is 0 Å². The number of hydrogen-bond donors (Lipinski definition) is 0. The van der Waals surface area contributed by atoms with Crippen LogP contribution in [0.2, 0.25) is 0 Å². The fourth-order valence-electron chi connectivity index (χ4n) is 4.11. The molecule has 0 amide bonds. The SMILES string of the molecule is Cc1ccc2cc3scc(-c4nc5ccccc5n4-c4ccccc4)c3cc2c1. The minimum Gasteiger partial charge on any atom is -0.292 e. The lowest BCUT2D eigenvalue weighted by Gasteiger charge is -2.09. The number of fused-ring (bicyclic) bond motifs is 3. The lowest BCUT2D eigenvalue weighted by Crippen LogP contribution is -1.96. The second-order valence-corrected chi connectivity index (χ2v) is 8.35. The number of hydrogen-bond acceptors (Lipinski definition) is 2. The monoisotopic (exact) mass is 390 g/mol. The Labute approximate surface area is 172 Å². The molecule has 2 aromatic heterocycles. The van der Waals surface area contributed by atoms with Crippen molar-refractivity contribution < 1.29 is 0 Å². The van der Waals surface area contributed by atoms with E-state index < -0.39 is 0 Å². The molecule has 0 saturated carbocycles. The second-order valence-electron chi connectivity index (χ2n) is 7.44. The van der Waals surface area contributed by atoms with Crippen molar-refractivity contribution in [2.75, 3.05) is 0 Å². The molecule has 0 fully saturated rings. The summed E-state index contributed by atoms with van der Waals surface area (Å²) in [4.78, 5) is 5.05. The summed E-state index contributed by atoms with van der Waals surface area (Å²) in [6, 6.07) is 30.1. The highest BCUT2D eigenvalue weighted by atomic mass is 32.1. The van der Waals surface area contributed by atoms with Crippen LogP contribution in [0.1, 0.15) is 5.56 Å². The van der Waals surface area contributed by atoms with Gasteiger partial charge in [-0.1, -0.05) is 54.1 Å². The number of nitrogens with zero attached hydrogens (tertiary/aromatic N) is 2. The highest BCUT2D eigenvalue weighted by molar-refractivity contribution is 7.17. The Morgan fingerprint density at radius 1 is 0.793 bits per heavy atom. The summed E-state index contributed by atoms with van der Waals surface area (Å²) in [6.07, 6.45) is 0. The van der Waals surface area contributed by atoms with E-state index in [0.717, 1.165) is 22.5 Å². The fourth-order valence-corrected chi connectivity index (χ4v) is 5.08. The number of aromatic nitrogens is 2. The molecule has 0 unspecified atom stereocenters. The van der Waals surface area contributed by atoms with Gasteiger partial charge in [-0.05, 0) is 54.1 Å². The van der Waals surface area contributed by atoms with E-state index in [0.29, 0.717) is 0 Å². The maximum absolute atomic E-state index is 5.05. The van der Waals surface area contributed by atoms with E-state index >= 15 is 0 Å². The molecule has 138 valence electrons. The van der Waals surface area contributed by atoms with Crippen molar-refractivity contribution in [1.82, 2.24) is 9.55 Å². The molecule has 2 heterocycles. The molecule has 3 heteroatoms. The Morgan fingerprint density at radius 2 is 1.62 bits per heavy atom. The van der Waals surface area contributed by atoms with Crippen molar-refractivity contribution >= 4 is 43.2 Å². The molecular weight excluding hydrogens is 372 g/mol. The van der Waals surface area contributed by atoms with Gasteiger partial charge in [-0.25, -0.2) is 4.98 Å². The minimum absolute atomic E-state index is 0.996. The van der Waals surface area contributed by atoms with Crippen molar-refractivity contribution in [3.05, 3.63) is 95.9 Å². The van der Waals surface area contributed by atoms with Crippen LogP contribution >= 0.6 is 11.3 Å². The summed E-state index contributed by atoms with van der Waals surface area (Å²) in [5.74, 6) is 0.996. The lowest BCUT2D eigenvalue weighted by atomic mass is 10.0. The van der Waals surface area contributed by atoms with Crippen molar-refractivity contribution in [1.29, 1.82) is 0 Å². The number of thiophene rings is 1. The average Bonchev–Trinajstić information content (AvgIpc) is 3.33. The zero-order valence-electron chi connectivity index (χ0n) is 16.0. The molecule has 0 aliphatic rings. The van der Waals surface area contributed by atoms with E-state index in [1.165, 1.54) is 32.0 Å². The van der Waals surface area contributed by atoms with Crippen LogP contribution in [-0.4, -0.2) is 9.55 Å². The standard InChI is InChI=1S/C26H18N2S/c1-17-11-12-18-15-25-21(14-19(18)13-17)22(16-29-25)26-27-23-9-5-6-10-24(23)28(26)20-7-3-2-4-8-20/h2-16H,1H3. The molecule has 29 heavy (non-hydrogen) atoms. The maximum Gasteiger partial charge on any atom is 0.147 e. The molecule has 4 aromatic carbocycles. The summed E-state index contributed by atoms with van der Waals surface area (Å²) >= 11 is 1.79. The van der Waals surface area contributed by atoms with Gasteiger partial charge in [-0.3, -0.25) is 4.57 Å². The predicted molar refractivity (Wildman–Crippen MR) is 124 cm³/mol. The van der Waals surface area contributed by atoms with E-state index in [-0.39, 0.29) is 0 Å². The molecular formula is C26H18N2S. The number of aryl methyl sites for hydroxylation is 1. The van der Waals surface area contributed by atoms with Crippen LogP contribution in [0, 0.1) is 6.92 Å². The topological polar surface area (TPSA) is 17.8 Å². The molecule has 0 aliphatic heterocycles. The molecule has 0 radical (unpaired) electrons. The molecule has 0 aliphatic carbocycles. The third-order valence-corrected chi connectivity index (χ3v) is 6.45. The Balaban J connectivity index is 1.69. The van der Waals surface area contributed by atoms with E-state index in [1.807, 2.05) is 0 Å². The van der Waals surface area contributed by atoms with Gasteiger partial charge in [0.15, 0.2) is 0 Å². The highest BCUT2D eigenvalue weighted by Crippen LogP contribution is 2.38.